The third-order valence-electron chi connectivity index (χ3n) is 3.39. The van der Waals surface area contributed by atoms with Crippen molar-refractivity contribution in [3.63, 3.8) is 0 Å². The second-order valence-electron chi connectivity index (χ2n) is 5.80. The van der Waals surface area contributed by atoms with Gasteiger partial charge in [0.2, 0.25) is 0 Å². The van der Waals surface area contributed by atoms with Crippen LogP contribution in [0.15, 0.2) is 24.3 Å². The van der Waals surface area contributed by atoms with Gasteiger partial charge in [0.1, 0.15) is 12.4 Å². The molecule has 5 heteroatoms. The topological polar surface area (TPSA) is 61.8 Å². The minimum Gasteiger partial charge on any atom is -0.491 e. The largest absolute Gasteiger partial charge is 0.491 e. The van der Waals surface area contributed by atoms with Crippen LogP contribution in [0, 0.1) is 5.92 Å². The lowest BCUT2D eigenvalue weighted by atomic mass is 10.1. The van der Waals surface area contributed by atoms with Crippen LogP contribution >= 0.6 is 0 Å². The van der Waals surface area contributed by atoms with E-state index >= 15 is 0 Å². The summed E-state index contributed by atoms with van der Waals surface area (Å²) in [5.41, 5.74) is 0.567. The van der Waals surface area contributed by atoms with E-state index in [-0.39, 0.29) is 5.91 Å². The molecule has 1 atom stereocenters. The summed E-state index contributed by atoms with van der Waals surface area (Å²) in [5.74, 6) is 1.08. The molecule has 21 heavy (non-hydrogen) atoms. The van der Waals surface area contributed by atoms with Crippen LogP contribution in [-0.4, -0.2) is 54.8 Å². The van der Waals surface area contributed by atoms with Crippen LogP contribution < -0.4 is 10.1 Å². The summed E-state index contributed by atoms with van der Waals surface area (Å²) >= 11 is 0. The van der Waals surface area contributed by atoms with Gasteiger partial charge in [-0.1, -0.05) is 26.0 Å². The van der Waals surface area contributed by atoms with E-state index in [1.165, 1.54) is 0 Å². The number of hydrogen-bond acceptors (Lipinski definition) is 4. The van der Waals surface area contributed by atoms with E-state index in [1.807, 2.05) is 12.1 Å². The predicted octanol–water partition coefficient (Wildman–Crippen LogP) is 1.13. The number of benzene rings is 1. The molecule has 1 aromatic rings. The van der Waals surface area contributed by atoms with E-state index < -0.39 is 6.10 Å². The lowest BCUT2D eigenvalue weighted by molar-refractivity contribution is 0.0617. The number of nitrogens with zero attached hydrogens (tertiary/aromatic N) is 1. The molecule has 0 saturated carbocycles. The second kappa shape index (κ2) is 7.43. The van der Waals surface area contributed by atoms with Crippen molar-refractivity contribution in [1.82, 2.24) is 10.2 Å². The van der Waals surface area contributed by atoms with Crippen molar-refractivity contribution in [3.8, 4) is 5.75 Å². The fraction of sp³-hybridized carbons (Fsp3) is 0.562. The highest BCUT2D eigenvalue weighted by molar-refractivity contribution is 5.97. The fourth-order valence-electron chi connectivity index (χ4n) is 2.34. The summed E-state index contributed by atoms with van der Waals surface area (Å²) in [4.78, 5) is 14.1. The molecule has 0 fully saturated rings. The van der Waals surface area contributed by atoms with Crippen LogP contribution in [0.1, 0.15) is 24.2 Å². The van der Waals surface area contributed by atoms with Gasteiger partial charge in [-0.15, -0.1) is 0 Å². The van der Waals surface area contributed by atoms with E-state index in [2.05, 4.69) is 19.2 Å². The molecule has 116 valence electrons. The monoisotopic (exact) mass is 292 g/mol. The number of β-amino-alcohol motifs (C(OH)–C–C–N with tert-alkyl or cyclic N) is 1. The van der Waals surface area contributed by atoms with Gasteiger partial charge in [0.05, 0.1) is 18.2 Å². The van der Waals surface area contributed by atoms with Crippen molar-refractivity contribution >= 4 is 5.91 Å². The Labute approximate surface area is 125 Å². The molecule has 1 unspecified atom stereocenters. The third kappa shape index (κ3) is 4.44. The van der Waals surface area contributed by atoms with Crippen LogP contribution in [0.25, 0.3) is 0 Å². The summed E-state index contributed by atoms with van der Waals surface area (Å²) in [5, 5.41) is 13.3. The molecule has 1 aromatic carbocycles. The van der Waals surface area contributed by atoms with Crippen LogP contribution in [-0.2, 0) is 0 Å². The highest BCUT2D eigenvalue weighted by Gasteiger charge is 2.24. The quantitative estimate of drug-likeness (QED) is 0.825. The number of rotatable bonds is 6. The third-order valence-corrected chi connectivity index (χ3v) is 3.39. The number of aliphatic hydroxyl groups is 1. The van der Waals surface area contributed by atoms with Crippen molar-refractivity contribution in [2.75, 3.05) is 32.8 Å². The number of carbonyl (C=O) groups is 1. The SMILES string of the molecule is CC(C)CNCC(O)CN1CCOc2ccccc2C1=O. The fourth-order valence-corrected chi connectivity index (χ4v) is 2.34. The normalized spacial score (nSPS) is 16.4. The van der Waals surface area contributed by atoms with Crippen molar-refractivity contribution in [2.45, 2.75) is 20.0 Å². The van der Waals surface area contributed by atoms with Gasteiger partial charge in [-0.2, -0.15) is 0 Å². The Morgan fingerprint density at radius 3 is 2.86 bits per heavy atom. The van der Waals surface area contributed by atoms with Gasteiger partial charge < -0.3 is 20.1 Å². The van der Waals surface area contributed by atoms with Crippen molar-refractivity contribution in [2.24, 2.45) is 5.92 Å². The van der Waals surface area contributed by atoms with Crippen LogP contribution in [0.5, 0.6) is 5.75 Å². The Kier molecular flexibility index (Phi) is 5.59. The van der Waals surface area contributed by atoms with Gasteiger partial charge in [-0.25, -0.2) is 0 Å². The number of nitrogens with one attached hydrogen (secondary N) is 1. The molecule has 2 rings (SSSR count). The first-order valence-corrected chi connectivity index (χ1v) is 7.48. The molecule has 1 heterocycles. The highest BCUT2D eigenvalue weighted by atomic mass is 16.5. The Hall–Kier alpha value is -1.59. The minimum absolute atomic E-state index is 0.0778. The van der Waals surface area contributed by atoms with Crippen molar-refractivity contribution in [1.29, 1.82) is 0 Å². The number of fused-ring (bicyclic) bond motifs is 1. The molecule has 0 spiro atoms. The van der Waals surface area contributed by atoms with Crippen molar-refractivity contribution < 1.29 is 14.6 Å². The molecule has 2 N–H and O–H groups in total. The van der Waals surface area contributed by atoms with Gasteiger partial charge in [0, 0.05) is 13.1 Å². The van der Waals surface area contributed by atoms with Crippen LogP contribution in [0.4, 0.5) is 0 Å². The molecular formula is C16H24N2O3. The summed E-state index contributed by atoms with van der Waals surface area (Å²) in [7, 11) is 0. The van der Waals surface area contributed by atoms with E-state index in [4.69, 9.17) is 4.74 Å². The number of aliphatic hydroxyl groups excluding tert-OH is 1. The molecule has 0 bridgehead atoms. The van der Waals surface area contributed by atoms with Gasteiger partial charge in [0.25, 0.3) is 5.91 Å². The first kappa shape index (κ1) is 15.8. The number of amides is 1. The summed E-state index contributed by atoms with van der Waals surface area (Å²) in [6, 6.07) is 7.24. The summed E-state index contributed by atoms with van der Waals surface area (Å²) < 4.78 is 5.58. The zero-order valence-electron chi connectivity index (χ0n) is 12.7. The number of hydrogen-bond donors (Lipinski definition) is 2. The van der Waals surface area contributed by atoms with Gasteiger partial charge in [-0.05, 0) is 24.6 Å². The smallest absolute Gasteiger partial charge is 0.257 e. The maximum Gasteiger partial charge on any atom is 0.257 e. The molecule has 0 aliphatic carbocycles. The zero-order chi connectivity index (χ0) is 15.2. The number of ether oxygens (including phenoxy) is 1. The van der Waals surface area contributed by atoms with Crippen LogP contribution in [0.3, 0.4) is 0 Å². The van der Waals surface area contributed by atoms with E-state index in [1.54, 1.807) is 17.0 Å². The standard InChI is InChI=1S/C16H24N2O3/c1-12(2)9-17-10-13(19)11-18-7-8-21-15-6-4-3-5-14(15)16(18)20/h3-6,12-13,17,19H,7-11H2,1-2H3. The summed E-state index contributed by atoms with van der Waals surface area (Å²) in [6.45, 7) is 6.85. The molecule has 1 amide bonds. The Morgan fingerprint density at radius 2 is 2.10 bits per heavy atom. The van der Waals surface area contributed by atoms with Crippen molar-refractivity contribution in [3.05, 3.63) is 29.8 Å². The average molecular weight is 292 g/mol. The van der Waals surface area contributed by atoms with E-state index in [0.29, 0.717) is 43.5 Å². The molecule has 0 saturated heterocycles. The lowest BCUT2D eigenvalue weighted by Gasteiger charge is -2.23. The summed E-state index contributed by atoms with van der Waals surface area (Å²) in [6.07, 6.45) is -0.571. The average Bonchev–Trinajstić information content (AvgIpc) is 2.59. The highest BCUT2D eigenvalue weighted by Crippen LogP contribution is 2.22. The maximum absolute atomic E-state index is 12.5. The Bertz CT molecular complexity index is 476. The Balaban J connectivity index is 1.93. The second-order valence-corrected chi connectivity index (χ2v) is 5.80. The lowest BCUT2D eigenvalue weighted by Crippen LogP contribution is -2.42. The van der Waals surface area contributed by atoms with Gasteiger partial charge in [-0.3, -0.25) is 4.79 Å². The minimum atomic E-state index is -0.571. The van der Waals surface area contributed by atoms with E-state index in [0.717, 1.165) is 6.54 Å². The first-order chi connectivity index (χ1) is 10.1. The molecule has 1 aliphatic rings. The molecule has 1 aliphatic heterocycles. The van der Waals surface area contributed by atoms with Gasteiger partial charge in [0.15, 0.2) is 0 Å². The molecule has 0 aromatic heterocycles. The number of para-hydroxylation sites is 1. The van der Waals surface area contributed by atoms with Crippen LogP contribution in [0.2, 0.25) is 0 Å². The van der Waals surface area contributed by atoms with Gasteiger partial charge >= 0.3 is 0 Å². The molecule has 5 nitrogen and oxygen atoms in total. The zero-order valence-corrected chi connectivity index (χ0v) is 12.7. The first-order valence-electron chi connectivity index (χ1n) is 7.48. The van der Waals surface area contributed by atoms with E-state index in [9.17, 15) is 9.90 Å². The number of carbonyl (C=O) groups excluding carboxylic acids is 1. The molecular weight excluding hydrogens is 268 g/mol. The maximum atomic E-state index is 12.5. The predicted molar refractivity (Wildman–Crippen MR) is 81.6 cm³/mol. The molecule has 0 radical (unpaired) electrons. The Morgan fingerprint density at radius 1 is 1.33 bits per heavy atom.